The van der Waals surface area contributed by atoms with Gasteiger partial charge in [-0.1, -0.05) is 0 Å². The summed E-state index contributed by atoms with van der Waals surface area (Å²) in [4.78, 5) is 35.5. The monoisotopic (exact) mass is 414 g/mol. The van der Waals surface area contributed by atoms with E-state index in [1.807, 2.05) is 6.92 Å². The van der Waals surface area contributed by atoms with Crippen molar-refractivity contribution < 1.29 is 28.6 Å². The van der Waals surface area contributed by atoms with Gasteiger partial charge in [0.15, 0.2) is 0 Å². The summed E-state index contributed by atoms with van der Waals surface area (Å²) in [7, 11) is 0. The second-order valence-corrected chi connectivity index (χ2v) is 6.13. The molecule has 8 heteroatoms. The Balaban J connectivity index is 1.68. The minimum absolute atomic E-state index is 0.179. The summed E-state index contributed by atoms with van der Waals surface area (Å²) in [6, 6.07) is 13.1. The highest BCUT2D eigenvalue weighted by Gasteiger charge is 2.09. The Labute approximate surface area is 175 Å². The van der Waals surface area contributed by atoms with Crippen LogP contribution in [0.5, 0.6) is 11.5 Å². The van der Waals surface area contributed by atoms with Gasteiger partial charge in [0.05, 0.1) is 13.2 Å². The van der Waals surface area contributed by atoms with Gasteiger partial charge in [0.1, 0.15) is 11.5 Å². The lowest BCUT2D eigenvalue weighted by Gasteiger charge is -2.08. The number of amides is 2. The maximum atomic E-state index is 12.1. The van der Waals surface area contributed by atoms with Crippen LogP contribution in [0.3, 0.4) is 0 Å². The molecule has 2 aromatic rings. The molecule has 2 amide bonds. The lowest BCUT2D eigenvalue weighted by Crippen LogP contribution is -2.29. The average Bonchev–Trinajstić information content (AvgIpc) is 2.74. The zero-order chi connectivity index (χ0) is 21.8. The van der Waals surface area contributed by atoms with Gasteiger partial charge in [-0.15, -0.1) is 0 Å². The van der Waals surface area contributed by atoms with Crippen molar-refractivity contribution in [2.45, 2.75) is 20.3 Å². The first-order valence-electron chi connectivity index (χ1n) is 9.77. The Bertz CT molecular complexity index is 834. The van der Waals surface area contributed by atoms with Gasteiger partial charge >= 0.3 is 6.16 Å². The van der Waals surface area contributed by atoms with Crippen molar-refractivity contribution in [1.29, 1.82) is 0 Å². The number of hydrogen-bond acceptors (Lipinski definition) is 6. The van der Waals surface area contributed by atoms with Crippen molar-refractivity contribution >= 4 is 18.0 Å². The van der Waals surface area contributed by atoms with E-state index in [0.717, 1.165) is 5.75 Å². The predicted molar refractivity (Wildman–Crippen MR) is 111 cm³/mol. The minimum atomic E-state index is -0.790. The predicted octanol–water partition coefficient (Wildman–Crippen LogP) is 3.17. The van der Waals surface area contributed by atoms with Gasteiger partial charge in [-0.3, -0.25) is 9.59 Å². The molecule has 2 N–H and O–H groups in total. The fraction of sp³-hybridized carbons (Fsp3) is 0.318. The van der Waals surface area contributed by atoms with Crippen LogP contribution in [0, 0.1) is 0 Å². The molecule has 0 saturated carbocycles. The van der Waals surface area contributed by atoms with Crippen LogP contribution in [-0.2, 0) is 4.74 Å². The molecular weight excluding hydrogens is 388 g/mol. The number of carbonyl (C=O) groups excluding carboxylic acids is 3. The smallest absolute Gasteiger partial charge is 0.494 e. The lowest BCUT2D eigenvalue weighted by molar-refractivity contribution is 0.0951. The third kappa shape index (κ3) is 7.46. The number of nitrogens with one attached hydrogen (secondary N) is 2. The van der Waals surface area contributed by atoms with Crippen LogP contribution in [0.2, 0.25) is 0 Å². The van der Waals surface area contributed by atoms with Crippen LogP contribution < -0.4 is 20.1 Å². The maximum absolute atomic E-state index is 12.1. The molecular formula is C22H26N2O6. The number of hydrogen-bond donors (Lipinski definition) is 2. The summed E-state index contributed by atoms with van der Waals surface area (Å²) in [6.07, 6.45) is -0.208. The quantitative estimate of drug-likeness (QED) is 0.352. The van der Waals surface area contributed by atoms with Crippen LogP contribution >= 0.6 is 0 Å². The first-order chi connectivity index (χ1) is 14.5. The third-order valence-electron chi connectivity index (χ3n) is 3.93. The van der Waals surface area contributed by atoms with Crippen molar-refractivity contribution in [2.24, 2.45) is 0 Å². The SMILES string of the molecule is CCOC(=O)Oc1ccc(C(=O)NCCCNC(=O)c2ccc(OCC)cc2)cc1. The number of benzene rings is 2. The summed E-state index contributed by atoms with van der Waals surface area (Å²) < 4.78 is 15.0. The first-order valence-corrected chi connectivity index (χ1v) is 9.77. The molecule has 8 nitrogen and oxygen atoms in total. The first kappa shape index (κ1) is 22.7. The normalized spacial score (nSPS) is 10.1. The molecule has 0 aromatic heterocycles. The molecule has 0 bridgehead atoms. The highest BCUT2D eigenvalue weighted by atomic mass is 16.7. The van der Waals surface area contributed by atoms with E-state index in [-0.39, 0.29) is 18.4 Å². The molecule has 0 aliphatic rings. The van der Waals surface area contributed by atoms with Crippen molar-refractivity contribution in [3.05, 3.63) is 59.7 Å². The second kappa shape index (κ2) is 12.1. The second-order valence-electron chi connectivity index (χ2n) is 6.13. The van der Waals surface area contributed by atoms with E-state index in [0.29, 0.717) is 43.0 Å². The van der Waals surface area contributed by atoms with E-state index in [2.05, 4.69) is 15.4 Å². The van der Waals surface area contributed by atoms with E-state index >= 15 is 0 Å². The zero-order valence-corrected chi connectivity index (χ0v) is 17.1. The van der Waals surface area contributed by atoms with E-state index < -0.39 is 6.16 Å². The van der Waals surface area contributed by atoms with Crippen LogP contribution in [-0.4, -0.2) is 44.3 Å². The van der Waals surface area contributed by atoms with Gasteiger partial charge in [-0.05, 0) is 68.8 Å². The molecule has 0 spiro atoms. The average molecular weight is 414 g/mol. The Hall–Kier alpha value is -3.55. The summed E-state index contributed by atoms with van der Waals surface area (Å²) >= 11 is 0. The minimum Gasteiger partial charge on any atom is -0.494 e. The van der Waals surface area contributed by atoms with E-state index in [1.54, 1.807) is 43.3 Å². The summed E-state index contributed by atoms with van der Waals surface area (Å²) in [6.45, 7) is 5.21. The molecule has 0 atom stereocenters. The Morgan fingerprint density at radius 1 is 0.733 bits per heavy atom. The molecule has 0 unspecified atom stereocenters. The van der Waals surface area contributed by atoms with Crippen molar-refractivity contribution in [2.75, 3.05) is 26.3 Å². The van der Waals surface area contributed by atoms with E-state index in [9.17, 15) is 14.4 Å². The third-order valence-corrected chi connectivity index (χ3v) is 3.93. The Kier molecular flexibility index (Phi) is 9.18. The molecule has 0 aliphatic carbocycles. The Morgan fingerprint density at radius 3 is 1.70 bits per heavy atom. The number of ether oxygens (including phenoxy) is 3. The van der Waals surface area contributed by atoms with Crippen LogP contribution in [0.4, 0.5) is 4.79 Å². The zero-order valence-electron chi connectivity index (χ0n) is 17.1. The van der Waals surface area contributed by atoms with Crippen LogP contribution in [0.1, 0.15) is 41.0 Å². The van der Waals surface area contributed by atoms with Crippen molar-refractivity contribution in [3.63, 3.8) is 0 Å². The van der Waals surface area contributed by atoms with Gasteiger partial charge in [0.25, 0.3) is 11.8 Å². The molecule has 2 rings (SSSR count). The van der Waals surface area contributed by atoms with E-state index in [1.165, 1.54) is 12.1 Å². The van der Waals surface area contributed by atoms with Crippen LogP contribution in [0.15, 0.2) is 48.5 Å². The van der Waals surface area contributed by atoms with Gasteiger partial charge in [-0.2, -0.15) is 0 Å². The molecule has 0 aliphatic heterocycles. The largest absolute Gasteiger partial charge is 0.513 e. The topological polar surface area (TPSA) is 103 Å². The van der Waals surface area contributed by atoms with Gasteiger partial charge < -0.3 is 24.8 Å². The standard InChI is InChI=1S/C22H26N2O6/c1-3-28-18-10-6-16(7-11-18)20(25)23-14-5-15-24-21(26)17-8-12-19(13-9-17)30-22(27)29-4-2/h6-13H,3-5,14-15H2,1-2H3,(H,23,25)(H,24,26). The molecule has 0 heterocycles. The highest BCUT2D eigenvalue weighted by Crippen LogP contribution is 2.13. The fourth-order valence-corrected chi connectivity index (χ4v) is 2.48. The lowest BCUT2D eigenvalue weighted by atomic mass is 10.2. The fourth-order valence-electron chi connectivity index (χ4n) is 2.48. The van der Waals surface area contributed by atoms with Crippen LogP contribution in [0.25, 0.3) is 0 Å². The highest BCUT2D eigenvalue weighted by molar-refractivity contribution is 5.95. The summed E-state index contributed by atoms with van der Waals surface area (Å²) in [5, 5.41) is 5.58. The number of rotatable bonds is 10. The Morgan fingerprint density at radius 2 is 1.23 bits per heavy atom. The van der Waals surface area contributed by atoms with Crippen molar-refractivity contribution in [1.82, 2.24) is 10.6 Å². The molecule has 160 valence electrons. The molecule has 0 fully saturated rings. The maximum Gasteiger partial charge on any atom is 0.513 e. The molecule has 30 heavy (non-hydrogen) atoms. The number of carbonyl (C=O) groups is 3. The van der Waals surface area contributed by atoms with Gasteiger partial charge in [0, 0.05) is 24.2 Å². The van der Waals surface area contributed by atoms with E-state index in [4.69, 9.17) is 9.47 Å². The molecule has 0 saturated heterocycles. The van der Waals surface area contributed by atoms with Gasteiger partial charge in [0.2, 0.25) is 0 Å². The molecule has 2 aromatic carbocycles. The van der Waals surface area contributed by atoms with Gasteiger partial charge in [-0.25, -0.2) is 4.79 Å². The molecule has 0 radical (unpaired) electrons. The van der Waals surface area contributed by atoms with Crippen molar-refractivity contribution in [3.8, 4) is 11.5 Å². The summed E-state index contributed by atoms with van der Waals surface area (Å²) in [5.41, 5.74) is 0.984. The summed E-state index contributed by atoms with van der Waals surface area (Å²) in [5.74, 6) is 0.580.